The molecule has 5 aliphatic carbocycles. The molecule has 1 aromatic carbocycles. The molecule has 0 aromatic heterocycles. The van der Waals surface area contributed by atoms with Crippen molar-refractivity contribution in [3.8, 4) is 5.75 Å². The Morgan fingerprint density at radius 2 is 1.58 bits per heavy atom. The molecule has 0 bridgehead atoms. The third kappa shape index (κ3) is 5.36. The first-order valence-corrected chi connectivity index (χ1v) is 18.8. The van der Waals surface area contributed by atoms with E-state index in [1.807, 2.05) is 0 Å². The van der Waals surface area contributed by atoms with Crippen LogP contribution in [0.25, 0.3) is 0 Å². The van der Waals surface area contributed by atoms with E-state index in [1.165, 1.54) is 5.57 Å². The van der Waals surface area contributed by atoms with E-state index in [0.717, 1.165) is 63.4 Å². The molecule has 6 rings (SSSR count). The summed E-state index contributed by atoms with van der Waals surface area (Å²) in [6, 6.07) is 5.76. The number of aliphatic hydroxyl groups is 1. The molecule has 1 aromatic rings. The third-order valence-electron chi connectivity index (χ3n) is 15.6. The first-order chi connectivity index (χ1) is 22.5. The van der Waals surface area contributed by atoms with Gasteiger partial charge in [-0.15, -0.1) is 0 Å². The predicted octanol–water partition coefficient (Wildman–Crippen LogP) is 7.37. The zero-order chi connectivity index (χ0) is 34.9. The van der Waals surface area contributed by atoms with Crippen LogP contribution in [0.4, 0.5) is 0 Å². The van der Waals surface area contributed by atoms with E-state index in [0.29, 0.717) is 30.1 Å². The Morgan fingerprint density at radius 1 is 0.896 bits per heavy atom. The van der Waals surface area contributed by atoms with E-state index in [2.05, 4.69) is 54.5 Å². The van der Waals surface area contributed by atoms with Crippen molar-refractivity contribution in [1.29, 1.82) is 0 Å². The van der Waals surface area contributed by atoms with Crippen molar-refractivity contribution in [2.45, 2.75) is 125 Å². The minimum absolute atomic E-state index is 0.00698. The molecule has 7 nitrogen and oxygen atoms in total. The fourth-order valence-electron chi connectivity index (χ4n) is 12.3. The zero-order valence-electron chi connectivity index (χ0n) is 30.5. The average Bonchev–Trinajstić information content (AvgIpc) is 3.04. The minimum Gasteiger partial charge on any atom is -0.508 e. The number of benzene rings is 1. The lowest BCUT2D eigenvalue weighted by atomic mass is 9.33. The fourth-order valence-corrected chi connectivity index (χ4v) is 12.3. The lowest BCUT2D eigenvalue weighted by Gasteiger charge is -2.71. The second kappa shape index (κ2) is 12.4. The summed E-state index contributed by atoms with van der Waals surface area (Å²) in [6.45, 7) is 16.9. The maximum absolute atomic E-state index is 14.3. The van der Waals surface area contributed by atoms with Crippen LogP contribution in [0.15, 0.2) is 35.9 Å². The molecule has 11 atom stereocenters. The molecule has 4 saturated carbocycles. The monoisotopic (exact) mass is 663 g/mol. The van der Waals surface area contributed by atoms with Gasteiger partial charge in [-0.25, -0.2) is 0 Å². The van der Waals surface area contributed by atoms with Crippen LogP contribution in [0, 0.1) is 56.7 Å². The normalized spacial score (nSPS) is 42.1. The molecule has 5 aliphatic rings. The molecule has 4 fully saturated rings. The number of carbonyl (C=O) groups is 2. The van der Waals surface area contributed by atoms with E-state index < -0.39 is 17.4 Å². The largest absolute Gasteiger partial charge is 0.508 e. The standard InChI is InChI=1S/C41H61NO6/c1-25-14-19-41(36(46)48-23-22-47-35(45)30(42)24-27-8-10-28(43)11-9-27)21-20-39(6)29(34(41)26(25)2)12-13-32-38(5)17-16-33(44)37(3,4)31(38)15-18-40(32,39)7/h8-12,25-26,30-34,43-44H,13-24,42H2,1-7H3/t25-,26+,30+,31?,32-,33+,34+,38+,39-,40-,41+/m1/s1. The van der Waals surface area contributed by atoms with Crippen molar-refractivity contribution in [2.75, 3.05) is 13.2 Å². The van der Waals surface area contributed by atoms with E-state index in [1.54, 1.807) is 24.3 Å². The van der Waals surface area contributed by atoms with Crippen molar-refractivity contribution in [1.82, 2.24) is 0 Å². The van der Waals surface area contributed by atoms with Crippen molar-refractivity contribution >= 4 is 11.9 Å². The van der Waals surface area contributed by atoms with Crippen LogP contribution >= 0.6 is 0 Å². The van der Waals surface area contributed by atoms with Crippen molar-refractivity contribution in [3.05, 3.63) is 41.5 Å². The molecular weight excluding hydrogens is 602 g/mol. The van der Waals surface area contributed by atoms with Crippen LogP contribution in [0.5, 0.6) is 5.75 Å². The van der Waals surface area contributed by atoms with Gasteiger partial charge >= 0.3 is 11.9 Å². The molecular formula is C41H61NO6. The molecule has 0 aliphatic heterocycles. The Morgan fingerprint density at radius 3 is 2.29 bits per heavy atom. The SMILES string of the molecule is C[C@H]1[C@H](C)CC[C@]2(C(=O)OCCOC(=O)[C@@H](N)Cc3ccc(O)cc3)CC[C@]3(C)C(=CC[C@@H]4[C@@]5(C)CC[C@H](O)C(C)(C)C5CC[C@]43C)[C@H]12. The molecule has 7 heteroatoms. The maximum atomic E-state index is 14.3. The van der Waals surface area contributed by atoms with Crippen LogP contribution < -0.4 is 5.73 Å². The predicted molar refractivity (Wildman–Crippen MR) is 187 cm³/mol. The number of phenols is 1. The molecule has 0 radical (unpaired) electrons. The molecule has 4 N–H and O–H groups in total. The zero-order valence-corrected chi connectivity index (χ0v) is 30.5. The number of aliphatic hydroxyl groups excluding tert-OH is 1. The number of fused-ring (bicyclic) bond motifs is 7. The second-order valence-corrected chi connectivity index (χ2v) is 18.0. The van der Waals surface area contributed by atoms with E-state index >= 15 is 0 Å². The number of esters is 2. The summed E-state index contributed by atoms with van der Waals surface area (Å²) in [5, 5.41) is 20.6. The summed E-state index contributed by atoms with van der Waals surface area (Å²) in [7, 11) is 0. The van der Waals surface area contributed by atoms with Crippen molar-refractivity contribution < 1.29 is 29.3 Å². The van der Waals surface area contributed by atoms with Crippen molar-refractivity contribution in [3.63, 3.8) is 0 Å². The van der Waals surface area contributed by atoms with Gasteiger partial charge < -0.3 is 25.4 Å². The quantitative estimate of drug-likeness (QED) is 0.158. The molecule has 1 unspecified atom stereocenters. The summed E-state index contributed by atoms with van der Waals surface area (Å²) in [4.78, 5) is 26.9. The van der Waals surface area contributed by atoms with E-state index in [4.69, 9.17) is 15.2 Å². The lowest BCUT2D eigenvalue weighted by Crippen LogP contribution is -2.65. The molecule has 266 valence electrons. The second-order valence-electron chi connectivity index (χ2n) is 18.0. The highest BCUT2D eigenvalue weighted by molar-refractivity contribution is 5.79. The van der Waals surface area contributed by atoms with Gasteiger partial charge in [0.25, 0.3) is 0 Å². The first-order valence-electron chi connectivity index (χ1n) is 18.8. The highest BCUT2D eigenvalue weighted by atomic mass is 16.6. The topological polar surface area (TPSA) is 119 Å². The number of hydrogen-bond donors (Lipinski definition) is 3. The summed E-state index contributed by atoms with van der Waals surface area (Å²) in [5.74, 6) is 1.58. The number of aromatic hydroxyl groups is 1. The Kier molecular flexibility index (Phi) is 9.18. The van der Waals surface area contributed by atoms with Gasteiger partial charge in [-0.05, 0) is 133 Å². The van der Waals surface area contributed by atoms with Gasteiger partial charge in [-0.3, -0.25) is 9.59 Å². The van der Waals surface area contributed by atoms with Crippen LogP contribution in [-0.4, -0.2) is 47.5 Å². The number of ether oxygens (including phenoxy) is 2. The third-order valence-corrected chi connectivity index (χ3v) is 15.6. The minimum atomic E-state index is -0.838. The Labute approximate surface area is 288 Å². The molecule has 0 amide bonds. The summed E-state index contributed by atoms with van der Waals surface area (Å²) in [5.41, 5.74) is 8.12. The van der Waals surface area contributed by atoms with Gasteiger partial charge in [0.15, 0.2) is 0 Å². The molecule has 0 saturated heterocycles. The Bertz CT molecular complexity index is 1420. The van der Waals surface area contributed by atoms with Gasteiger partial charge in [0, 0.05) is 0 Å². The highest BCUT2D eigenvalue weighted by Crippen LogP contribution is 2.75. The molecule has 0 spiro atoms. The van der Waals surface area contributed by atoms with Crippen molar-refractivity contribution in [2.24, 2.45) is 62.4 Å². The van der Waals surface area contributed by atoms with Crippen LogP contribution in [-0.2, 0) is 25.5 Å². The number of carbonyl (C=O) groups excluding carboxylic acids is 2. The Hall–Kier alpha value is -2.38. The number of hydrogen-bond acceptors (Lipinski definition) is 7. The smallest absolute Gasteiger partial charge is 0.323 e. The maximum Gasteiger partial charge on any atom is 0.323 e. The van der Waals surface area contributed by atoms with E-state index in [-0.39, 0.29) is 58.6 Å². The highest BCUT2D eigenvalue weighted by Gasteiger charge is 2.69. The van der Waals surface area contributed by atoms with Gasteiger partial charge in [0.2, 0.25) is 0 Å². The lowest BCUT2D eigenvalue weighted by molar-refractivity contribution is -0.207. The van der Waals surface area contributed by atoms with Gasteiger partial charge in [-0.2, -0.15) is 0 Å². The summed E-state index contributed by atoms with van der Waals surface area (Å²) >= 11 is 0. The van der Waals surface area contributed by atoms with Gasteiger partial charge in [0.1, 0.15) is 25.0 Å². The summed E-state index contributed by atoms with van der Waals surface area (Å²) in [6.07, 6.45) is 11.6. The Balaban J connectivity index is 1.18. The van der Waals surface area contributed by atoms with E-state index in [9.17, 15) is 19.8 Å². The average molecular weight is 664 g/mol. The molecule has 0 heterocycles. The van der Waals surface area contributed by atoms with Gasteiger partial charge in [-0.1, -0.05) is 72.2 Å². The molecule has 48 heavy (non-hydrogen) atoms. The van der Waals surface area contributed by atoms with Gasteiger partial charge in [0.05, 0.1) is 11.5 Å². The number of phenolic OH excluding ortho intramolecular Hbond substituents is 1. The number of nitrogens with two attached hydrogens (primary N) is 1. The number of rotatable bonds is 7. The fraction of sp³-hybridized carbons (Fsp3) is 0.756. The first kappa shape index (κ1) is 35.4. The van der Waals surface area contributed by atoms with Crippen LogP contribution in [0.2, 0.25) is 0 Å². The summed E-state index contributed by atoms with van der Waals surface area (Å²) < 4.78 is 11.5. The van der Waals surface area contributed by atoms with Crippen LogP contribution in [0.3, 0.4) is 0 Å². The number of allylic oxidation sites excluding steroid dienone is 2. The van der Waals surface area contributed by atoms with Crippen LogP contribution in [0.1, 0.15) is 112 Å².